The Morgan fingerprint density at radius 3 is 2.36 bits per heavy atom. The molecule has 1 amide bonds. The maximum absolute atomic E-state index is 12.6. The second-order valence-electron chi connectivity index (χ2n) is 5.73. The van der Waals surface area contributed by atoms with Crippen molar-refractivity contribution in [3.8, 4) is 0 Å². The Morgan fingerprint density at radius 2 is 1.73 bits per heavy atom. The molecule has 0 N–H and O–H groups in total. The van der Waals surface area contributed by atoms with Gasteiger partial charge in [0.2, 0.25) is 5.91 Å². The van der Waals surface area contributed by atoms with Gasteiger partial charge in [-0.05, 0) is 43.5 Å². The molecule has 116 valence electrons. The second-order valence-corrected chi connectivity index (χ2v) is 6.65. The van der Waals surface area contributed by atoms with Gasteiger partial charge in [-0.15, -0.1) is 0 Å². The minimum Gasteiger partial charge on any atom is -0.336 e. The lowest BCUT2D eigenvalue weighted by atomic mass is 10.1. The van der Waals surface area contributed by atoms with E-state index in [0.29, 0.717) is 13.0 Å². The van der Waals surface area contributed by atoms with Gasteiger partial charge in [0.1, 0.15) is 0 Å². The molecule has 0 aliphatic rings. The summed E-state index contributed by atoms with van der Waals surface area (Å²) in [4.78, 5) is 14.5. The summed E-state index contributed by atoms with van der Waals surface area (Å²) in [5, 5.41) is 0. The third-order valence-electron chi connectivity index (χ3n) is 3.66. The summed E-state index contributed by atoms with van der Waals surface area (Å²) in [5.74, 6) is 0.207. The molecule has 2 aromatic carbocycles. The second kappa shape index (κ2) is 8.14. The Kier molecular flexibility index (Phi) is 6.20. The number of carbonyl (C=O) groups excluding carboxylic acids is 1. The summed E-state index contributed by atoms with van der Waals surface area (Å²) in [6, 6.07) is 18.5. The molecule has 0 atom stereocenters. The minimum atomic E-state index is 0.204. The Hall–Kier alpha value is -1.61. The average Bonchev–Trinajstić information content (AvgIpc) is 2.51. The first-order valence-corrected chi connectivity index (χ1v) is 8.43. The highest BCUT2D eigenvalue weighted by molar-refractivity contribution is 9.10. The van der Waals surface area contributed by atoms with E-state index in [2.05, 4.69) is 54.0 Å². The van der Waals surface area contributed by atoms with Crippen molar-refractivity contribution in [2.45, 2.75) is 39.3 Å². The molecule has 0 bridgehead atoms. The van der Waals surface area contributed by atoms with Crippen molar-refractivity contribution in [1.29, 1.82) is 0 Å². The largest absolute Gasteiger partial charge is 0.336 e. The quantitative estimate of drug-likeness (QED) is 0.723. The number of nitrogens with zero attached hydrogens (tertiary/aromatic N) is 1. The lowest BCUT2D eigenvalue weighted by molar-refractivity contribution is -0.133. The third kappa shape index (κ3) is 4.99. The highest BCUT2D eigenvalue weighted by atomic mass is 79.9. The predicted octanol–water partition coefficient (Wildman–Crippen LogP) is 4.82. The molecule has 22 heavy (non-hydrogen) atoms. The number of amides is 1. The number of benzene rings is 2. The van der Waals surface area contributed by atoms with Crippen LogP contribution in [-0.2, 0) is 17.8 Å². The van der Waals surface area contributed by atoms with E-state index in [1.165, 1.54) is 11.1 Å². The molecular formula is C19H22BrNO. The summed E-state index contributed by atoms with van der Waals surface area (Å²) in [6.45, 7) is 4.82. The first kappa shape index (κ1) is 16.8. The van der Waals surface area contributed by atoms with Crippen molar-refractivity contribution in [1.82, 2.24) is 4.90 Å². The van der Waals surface area contributed by atoms with Crippen LogP contribution in [0.1, 0.15) is 31.4 Å². The maximum Gasteiger partial charge on any atom is 0.223 e. The topological polar surface area (TPSA) is 20.3 Å². The van der Waals surface area contributed by atoms with Gasteiger partial charge in [0.15, 0.2) is 0 Å². The molecule has 2 aromatic rings. The average molecular weight is 360 g/mol. The van der Waals surface area contributed by atoms with Crippen LogP contribution < -0.4 is 0 Å². The van der Waals surface area contributed by atoms with Crippen LogP contribution in [0.2, 0.25) is 0 Å². The zero-order valence-corrected chi connectivity index (χ0v) is 14.7. The molecular weight excluding hydrogens is 338 g/mol. The van der Waals surface area contributed by atoms with Crippen LogP contribution in [0.25, 0.3) is 0 Å². The smallest absolute Gasteiger partial charge is 0.223 e. The molecule has 0 fully saturated rings. The van der Waals surface area contributed by atoms with Crippen molar-refractivity contribution in [3.05, 3.63) is 70.2 Å². The number of hydrogen-bond acceptors (Lipinski definition) is 1. The molecule has 3 heteroatoms. The van der Waals surface area contributed by atoms with E-state index >= 15 is 0 Å². The highest BCUT2D eigenvalue weighted by Crippen LogP contribution is 2.15. The fraction of sp³-hybridized carbons (Fsp3) is 0.316. The molecule has 0 aliphatic carbocycles. The monoisotopic (exact) mass is 359 g/mol. The summed E-state index contributed by atoms with van der Waals surface area (Å²) in [5.41, 5.74) is 2.36. The standard InChI is InChI=1S/C19H22BrNO/c1-15(2)21(14-17-7-4-3-5-8-17)19(22)12-11-16-9-6-10-18(20)13-16/h3-10,13,15H,11-12,14H2,1-2H3. The highest BCUT2D eigenvalue weighted by Gasteiger charge is 2.17. The van der Waals surface area contributed by atoms with Crippen LogP contribution in [0, 0.1) is 0 Å². The van der Waals surface area contributed by atoms with Crippen molar-refractivity contribution in [2.24, 2.45) is 0 Å². The van der Waals surface area contributed by atoms with E-state index in [1.807, 2.05) is 35.2 Å². The third-order valence-corrected chi connectivity index (χ3v) is 4.15. The van der Waals surface area contributed by atoms with E-state index in [1.54, 1.807) is 0 Å². The first-order valence-electron chi connectivity index (χ1n) is 7.64. The number of carbonyl (C=O) groups is 1. The van der Waals surface area contributed by atoms with E-state index < -0.39 is 0 Å². The molecule has 0 aliphatic heterocycles. The van der Waals surface area contributed by atoms with E-state index in [-0.39, 0.29) is 11.9 Å². The number of rotatable bonds is 6. The Bertz CT molecular complexity index is 610. The molecule has 0 aromatic heterocycles. The number of aryl methyl sites for hydroxylation is 1. The van der Waals surface area contributed by atoms with Gasteiger partial charge in [-0.1, -0.05) is 58.4 Å². The Labute approximate surface area is 141 Å². The van der Waals surface area contributed by atoms with Gasteiger partial charge in [-0.25, -0.2) is 0 Å². The summed E-state index contributed by atoms with van der Waals surface area (Å²) < 4.78 is 1.06. The van der Waals surface area contributed by atoms with E-state index in [9.17, 15) is 4.79 Å². The molecule has 0 spiro atoms. The van der Waals surface area contributed by atoms with Crippen LogP contribution in [0.4, 0.5) is 0 Å². The first-order chi connectivity index (χ1) is 10.6. The van der Waals surface area contributed by atoms with Crippen LogP contribution in [-0.4, -0.2) is 16.8 Å². The summed E-state index contributed by atoms with van der Waals surface area (Å²) >= 11 is 3.47. The number of hydrogen-bond donors (Lipinski definition) is 0. The zero-order chi connectivity index (χ0) is 15.9. The molecule has 0 radical (unpaired) electrons. The Morgan fingerprint density at radius 1 is 1.05 bits per heavy atom. The summed E-state index contributed by atoms with van der Waals surface area (Å²) in [7, 11) is 0. The van der Waals surface area contributed by atoms with Gasteiger partial charge in [0, 0.05) is 23.5 Å². The fourth-order valence-electron chi connectivity index (χ4n) is 2.43. The molecule has 0 heterocycles. The van der Waals surface area contributed by atoms with Crippen LogP contribution in [0.3, 0.4) is 0 Å². The lowest BCUT2D eigenvalue weighted by Crippen LogP contribution is -2.36. The summed E-state index contributed by atoms with van der Waals surface area (Å²) in [6.07, 6.45) is 1.32. The molecule has 0 unspecified atom stereocenters. The molecule has 0 saturated heterocycles. The Balaban J connectivity index is 1.98. The van der Waals surface area contributed by atoms with Crippen molar-refractivity contribution < 1.29 is 4.79 Å². The lowest BCUT2D eigenvalue weighted by Gasteiger charge is -2.27. The molecule has 2 rings (SSSR count). The van der Waals surface area contributed by atoms with E-state index in [4.69, 9.17) is 0 Å². The van der Waals surface area contributed by atoms with Crippen LogP contribution in [0.5, 0.6) is 0 Å². The number of halogens is 1. The van der Waals surface area contributed by atoms with E-state index in [0.717, 1.165) is 10.9 Å². The normalized spacial score (nSPS) is 10.7. The zero-order valence-electron chi connectivity index (χ0n) is 13.1. The minimum absolute atomic E-state index is 0.204. The van der Waals surface area contributed by atoms with Gasteiger partial charge in [-0.2, -0.15) is 0 Å². The van der Waals surface area contributed by atoms with Crippen molar-refractivity contribution in [2.75, 3.05) is 0 Å². The predicted molar refractivity (Wildman–Crippen MR) is 94.6 cm³/mol. The van der Waals surface area contributed by atoms with Gasteiger partial charge < -0.3 is 4.90 Å². The molecule has 0 saturated carbocycles. The van der Waals surface area contributed by atoms with Crippen LogP contribution in [0.15, 0.2) is 59.1 Å². The SMILES string of the molecule is CC(C)N(Cc1ccccc1)C(=O)CCc1cccc(Br)c1. The fourth-order valence-corrected chi connectivity index (χ4v) is 2.87. The van der Waals surface area contributed by atoms with Gasteiger partial charge >= 0.3 is 0 Å². The van der Waals surface area contributed by atoms with Gasteiger partial charge in [-0.3, -0.25) is 4.79 Å². The maximum atomic E-state index is 12.6. The van der Waals surface area contributed by atoms with Gasteiger partial charge in [0.05, 0.1) is 0 Å². The molecule has 2 nitrogen and oxygen atoms in total. The van der Waals surface area contributed by atoms with Crippen molar-refractivity contribution in [3.63, 3.8) is 0 Å². The van der Waals surface area contributed by atoms with Crippen LogP contribution >= 0.6 is 15.9 Å². The van der Waals surface area contributed by atoms with Crippen molar-refractivity contribution >= 4 is 21.8 Å². The van der Waals surface area contributed by atoms with Gasteiger partial charge in [0.25, 0.3) is 0 Å².